The minimum absolute atomic E-state index is 0.229. The van der Waals surface area contributed by atoms with Crippen molar-refractivity contribution in [1.29, 1.82) is 5.26 Å². The van der Waals surface area contributed by atoms with Gasteiger partial charge in [0, 0.05) is 24.2 Å². The summed E-state index contributed by atoms with van der Waals surface area (Å²) in [5, 5.41) is 10.5. The molecule has 1 aliphatic rings. The van der Waals surface area contributed by atoms with Crippen LogP contribution in [0.1, 0.15) is 76.8 Å². The summed E-state index contributed by atoms with van der Waals surface area (Å²) < 4.78 is 15.0. The van der Waals surface area contributed by atoms with E-state index in [1.54, 1.807) is 6.07 Å². The van der Waals surface area contributed by atoms with Crippen molar-refractivity contribution in [3.05, 3.63) is 71.5 Å². The molecule has 0 spiro atoms. The quantitative estimate of drug-likeness (QED) is 0.427. The van der Waals surface area contributed by atoms with Crippen molar-refractivity contribution >= 4 is 0 Å². The minimum Gasteiger partial charge on any atom is -0.294 e. The van der Waals surface area contributed by atoms with Gasteiger partial charge >= 0.3 is 0 Å². The van der Waals surface area contributed by atoms with E-state index in [1.807, 2.05) is 18.2 Å². The van der Waals surface area contributed by atoms with E-state index in [-0.39, 0.29) is 11.7 Å². The summed E-state index contributed by atoms with van der Waals surface area (Å²) in [7, 11) is 0. The Kier molecular flexibility index (Phi) is 8.27. The topological polar surface area (TPSA) is 27.0 Å². The Labute approximate surface area is 188 Å². The summed E-state index contributed by atoms with van der Waals surface area (Å²) in [6.45, 7) is 7.61. The second-order valence-electron chi connectivity index (χ2n) is 9.54. The zero-order chi connectivity index (χ0) is 22.3. The SMILES string of the molecule is CC(C)N(Cc1ccccc1)C(C)CCC(C#N)(c1ccccc1F)C1CCCCC1. The lowest BCUT2D eigenvalue weighted by Gasteiger charge is -2.40. The van der Waals surface area contributed by atoms with Crippen molar-refractivity contribution in [2.24, 2.45) is 5.92 Å². The van der Waals surface area contributed by atoms with Crippen LogP contribution in [0, 0.1) is 23.1 Å². The third-order valence-electron chi connectivity index (χ3n) is 7.25. The zero-order valence-electron chi connectivity index (χ0n) is 19.4. The molecule has 1 saturated carbocycles. The van der Waals surface area contributed by atoms with E-state index in [4.69, 9.17) is 0 Å². The number of hydrogen-bond acceptors (Lipinski definition) is 2. The van der Waals surface area contributed by atoms with E-state index in [2.05, 4.69) is 56.0 Å². The van der Waals surface area contributed by atoms with Gasteiger partial charge in [0.2, 0.25) is 0 Å². The predicted molar refractivity (Wildman–Crippen MR) is 126 cm³/mol. The first-order valence-corrected chi connectivity index (χ1v) is 11.9. The Balaban J connectivity index is 1.83. The summed E-state index contributed by atoms with van der Waals surface area (Å²) in [6, 6.07) is 20.9. The molecule has 2 aromatic rings. The molecule has 2 unspecified atom stereocenters. The zero-order valence-corrected chi connectivity index (χ0v) is 19.4. The predicted octanol–water partition coefficient (Wildman–Crippen LogP) is 7.25. The number of rotatable bonds is 9. The average molecular weight is 421 g/mol. The summed E-state index contributed by atoms with van der Waals surface area (Å²) in [5.74, 6) is 0.00394. The van der Waals surface area contributed by atoms with E-state index < -0.39 is 5.41 Å². The highest BCUT2D eigenvalue weighted by Crippen LogP contribution is 2.45. The molecular weight excluding hydrogens is 383 g/mol. The average Bonchev–Trinajstić information content (AvgIpc) is 2.80. The molecule has 166 valence electrons. The van der Waals surface area contributed by atoms with Crippen LogP contribution in [0.4, 0.5) is 4.39 Å². The second-order valence-corrected chi connectivity index (χ2v) is 9.54. The number of nitrogens with zero attached hydrogens (tertiary/aromatic N) is 2. The molecule has 0 aromatic heterocycles. The van der Waals surface area contributed by atoms with E-state index in [9.17, 15) is 9.65 Å². The van der Waals surface area contributed by atoms with Crippen LogP contribution in [0.25, 0.3) is 0 Å². The molecule has 0 amide bonds. The fourth-order valence-electron chi connectivity index (χ4n) is 5.43. The van der Waals surface area contributed by atoms with Crippen molar-refractivity contribution in [3.8, 4) is 6.07 Å². The van der Waals surface area contributed by atoms with Crippen LogP contribution in [-0.4, -0.2) is 17.0 Å². The number of hydrogen-bond donors (Lipinski definition) is 0. The lowest BCUT2D eigenvalue weighted by molar-refractivity contribution is 0.132. The first-order valence-electron chi connectivity index (χ1n) is 11.9. The molecule has 2 aromatic carbocycles. The molecule has 2 atom stereocenters. The normalized spacial score (nSPS) is 18.0. The minimum atomic E-state index is -0.741. The molecule has 3 rings (SSSR count). The molecule has 2 nitrogen and oxygen atoms in total. The van der Waals surface area contributed by atoms with Crippen LogP contribution < -0.4 is 0 Å². The molecule has 0 radical (unpaired) electrons. The molecular formula is C28H37FN2. The molecule has 1 fully saturated rings. The van der Waals surface area contributed by atoms with Crippen molar-refractivity contribution in [3.63, 3.8) is 0 Å². The molecule has 3 heteroatoms. The van der Waals surface area contributed by atoms with Gasteiger partial charge in [-0.25, -0.2) is 4.39 Å². The van der Waals surface area contributed by atoms with Crippen LogP contribution >= 0.6 is 0 Å². The third-order valence-corrected chi connectivity index (χ3v) is 7.25. The standard InChI is InChI=1S/C28H37FN2/c1-22(2)31(20-24-12-6-4-7-13-24)23(3)18-19-28(21-30,25-14-8-5-9-15-25)26-16-10-11-17-27(26)29/h4,6-7,10-13,16-17,22-23,25H,5,8-9,14-15,18-20H2,1-3H3. The number of nitriles is 1. The van der Waals surface area contributed by atoms with Gasteiger partial charge in [-0.05, 0) is 64.0 Å². The smallest absolute Gasteiger partial charge is 0.128 e. The molecule has 0 bridgehead atoms. The van der Waals surface area contributed by atoms with E-state index in [0.717, 1.165) is 38.6 Å². The maximum absolute atomic E-state index is 15.0. The van der Waals surface area contributed by atoms with Crippen LogP contribution in [0.3, 0.4) is 0 Å². The summed E-state index contributed by atoms with van der Waals surface area (Å²) >= 11 is 0. The van der Waals surface area contributed by atoms with Gasteiger partial charge < -0.3 is 0 Å². The van der Waals surface area contributed by atoms with Crippen molar-refractivity contribution in [1.82, 2.24) is 4.90 Å². The van der Waals surface area contributed by atoms with Crippen molar-refractivity contribution in [2.75, 3.05) is 0 Å². The summed E-state index contributed by atoms with van der Waals surface area (Å²) in [4.78, 5) is 2.50. The Morgan fingerprint density at radius 1 is 1.00 bits per heavy atom. The van der Waals surface area contributed by atoms with Crippen LogP contribution in [0.5, 0.6) is 0 Å². The Bertz CT molecular complexity index is 851. The highest BCUT2D eigenvalue weighted by molar-refractivity contribution is 5.35. The van der Waals surface area contributed by atoms with Gasteiger partial charge in [0.1, 0.15) is 5.82 Å². The van der Waals surface area contributed by atoms with Gasteiger partial charge in [-0.2, -0.15) is 5.26 Å². The molecule has 0 aliphatic heterocycles. The van der Waals surface area contributed by atoms with Gasteiger partial charge in [-0.1, -0.05) is 67.8 Å². The van der Waals surface area contributed by atoms with E-state index in [0.29, 0.717) is 24.1 Å². The highest BCUT2D eigenvalue weighted by atomic mass is 19.1. The van der Waals surface area contributed by atoms with Crippen molar-refractivity contribution in [2.45, 2.75) is 89.8 Å². The molecule has 1 aliphatic carbocycles. The van der Waals surface area contributed by atoms with Gasteiger partial charge in [-0.15, -0.1) is 0 Å². The fourth-order valence-corrected chi connectivity index (χ4v) is 5.43. The van der Waals surface area contributed by atoms with Crippen molar-refractivity contribution < 1.29 is 4.39 Å². The summed E-state index contributed by atoms with van der Waals surface area (Å²) in [6.07, 6.45) is 7.14. The third kappa shape index (κ3) is 5.55. The number of benzene rings is 2. The van der Waals surface area contributed by atoms with E-state index in [1.165, 1.54) is 18.1 Å². The Morgan fingerprint density at radius 3 is 2.26 bits per heavy atom. The maximum atomic E-state index is 15.0. The molecule has 31 heavy (non-hydrogen) atoms. The van der Waals surface area contributed by atoms with E-state index >= 15 is 0 Å². The monoisotopic (exact) mass is 420 g/mol. The molecule has 0 N–H and O–H groups in total. The number of halogens is 1. The lowest BCUT2D eigenvalue weighted by Crippen LogP contribution is -2.41. The first-order chi connectivity index (χ1) is 15.0. The molecule has 0 saturated heterocycles. The van der Waals surface area contributed by atoms with Gasteiger partial charge in [0.25, 0.3) is 0 Å². The van der Waals surface area contributed by atoms with Gasteiger partial charge in [0.05, 0.1) is 11.5 Å². The summed E-state index contributed by atoms with van der Waals surface area (Å²) in [5.41, 5.74) is 1.17. The lowest BCUT2D eigenvalue weighted by atomic mass is 9.63. The van der Waals surface area contributed by atoms with Gasteiger partial charge in [0.15, 0.2) is 0 Å². The Hall–Kier alpha value is -2.18. The van der Waals surface area contributed by atoms with Crippen LogP contribution in [0.15, 0.2) is 54.6 Å². The molecule has 0 heterocycles. The maximum Gasteiger partial charge on any atom is 0.128 e. The van der Waals surface area contributed by atoms with Gasteiger partial charge in [-0.3, -0.25) is 4.90 Å². The fraction of sp³-hybridized carbons (Fsp3) is 0.536. The first kappa shape index (κ1) is 23.5. The second kappa shape index (κ2) is 10.9. The van der Waals surface area contributed by atoms with Crippen LogP contribution in [0.2, 0.25) is 0 Å². The van der Waals surface area contributed by atoms with Crippen LogP contribution in [-0.2, 0) is 12.0 Å². The largest absolute Gasteiger partial charge is 0.294 e. The highest BCUT2D eigenvalue weighted by Gasteiger charge is 2.43. The Morgan fingerprint density at radius 2 is 1.65 bits per heavy atom.